The van der Waals surface area contributed by atoms with Gasteiger partial charge in [-0.05, 0) is 31.0 Å². The minimum atomic E-state index is 0. The van der Waals surface area contributed by atoms with E-state index in [1.165, 1.54) is 0 Å². The molecule has 0 aliphatic carbocycles. The number of ether oxygens (including phenoxy) is 1. The van der Waals surface area contributed by atoms with Crippen molar-refractivity contribution in [1.82, 2.24) is 10.6 Å². The Morgan fingerprint density at radius 3 is 2.57 bits per heavy atom. The number of aliphatic imine (C=N–C) groups is 1. The Labute approximate surface area is 143 Å². The lowest BCUT2D eigenvalue weighted by Crippen LogP contribution is -2.38. The highest BCUT2D eigenvalue weighted by Crippen LogP contribution is 2.04. The van der Waals surface area contributed by atoms with E-state index in [2.05, 4.69) is 21.7 Å². The van der Waals surface area contributed by atoms with E-state index in [9.17, 15) is 0 Å². The van der Waals surface area contributed by atoms with Gasteiger partial charge in [0, 0.05) is 26.8 Å². The van der Waals surface area contributed by atoms with E-state index in [0.717, 1.165) is 37.6 Å². The summed E-state index contributed by atoms with van der Waals surface area (Å²) in [5.41, 5.74) is 1.75. The zero-order chi connectivity index (χ0) is 14.6. The van der Waals surface area contributed by atoms with Crippen LogP contribution in [0.1, 0.15) is 24.5 Å². The molecule has 0 unspecified atom stereocenters. The normalized spacial score (nSPS) is 10.4. The maximum absolute atomic E-state index is 8.75. The Morgan fingerprint density at radius 1 is 1.29 bits per heavy atom. The first kappa shape index (κ1) is 19.7. The number of methoxy groups -OCH3 is 1. The molecule has 21 heavy (non-hydrogen) atoms. The summed E-state index contributed by atoms with van der Waals surface area (Å²) in [6.07, 6.45) is 0.942. The van der Waals surface area contributed by atoms with Crippen LogP contribution in [0.3, 0.4) is 0 Å². The van der Waals surface area contributed by atoms with E-state index >= 15 is 0 Å². The molecule has 1 aromatic carbocycles. The Balaban J connectivity index is 0.00000400. The van der Waals surface area contributed by atoms with Gasteiger partial charge < -0.3 is 15.4 Å². The minimum absolute atomic E-state index is 0. The Bertz CT molecular complexity index is 454. The Kier molecular flexibility index (Phi) is 11.6. The van der Waals surface area contributed by atoms with Gasteiger partial charge >= 0.3 is 0 Å². The molecule has 0 saturated carbocycles. The zero-order valence-electron chi connectivity index (χ0n) is 12.6. The van der Waals surface area contributed by atoms with Crippen LogP contribution in [0.4, 0.5) is 0 Å². The maximum atomic E-state index is 8.75. The van der Waals surface area contributed by atoms with Gasteiger partial charge in [0.25, 0.3) is 0 Å². The first-order valence-corrected chi connectivity index (χ1v) is 6.80. The van der Waals surface area contributed by atoms with Gasteiger partial charge in [-0.2, -0.15) is 5.26 Å². The summed E-state index contributed by atoms with van der Waals surface area (Å²) >= 11 is 0. The lowest BCUT2D eigenvalue weighted by atomic mass is 10.1. The number of nitriles is 1. The third-order valence-corrected chi connectivity index (χ3v) is 2.66. The Hall–Kier alpha value is -1.33. The van der Waals surface area contributed by atoms with Gasteiger partial charge in [0.05, 0.1) is 18.2 Å². The summed E-state index contributed by atoms with van der Waals surface area (Å²) in [5.74, 6) is 0.799. The number of hydrogen-bond acceptors (Lipinski definition) is 3. The smallest absolute Gasteiger partial charge is 0.191 e. The van der Waals surface area contributed by atoms with Gasteiger partial charge in [0.2, 0.25) is 0 Å². The van der Waals surface area contributed by atoms with Crippen LogP contribution in [-0.2, 0) is 11.3 Å². The fraction of sp³-hybridized carbons (Fsp3) is 0.467. The molecule has 0 heterocycles. The molecule has 5 nitrogen and oxygen atoms in total. The third kappa shape index (κ3) is 8.52. The number of rotatable bonds is 7. The molecule has 1 aromatic rings. The number of nitrogens with zero attached hydrogens (tertiary/aromatic N) is 2. The summed E-state index contributed by atoms with van der Waals surface area (Å²) < 4.78 is 5.01. The molecule has 0 aliphatic heterocycles. The number of hydrogen-bond donors (Lipinski definition) is 2. The molecule has 1 rings (SSSR count). The molecular weight excluding hydrogens is 379 g/mol. The first-order valence-electron chi connectivity index (χ1n) is 6.80. The van der Waals surface area contributed by atoms with Crippen molar-refractivity contribution in [3.8, 4) is 6.07 Å². The van der Waals surface area contributed by atoms with Crippen LogP contribution in [0.5, 0.6) is 0 Å². The molecule has 0 aromatic heterocycles. The average Bonchev–Trinajstić information content (AvgIpc) is 2.49. The number of nitrogens with one attached hydrogen (secondary N) is 2. The molecule has 0 radical (unpaired) electrons. The van der Waals surface area contributed by atoms with E-state index in [1.807, 2.05) is 31.2 Å². The van der Waals surface area contributed by atoms with Crippen molar-refractivity contribution in [2.75, 3.05) is 26.8 Å². The Morgan fingerprint density at radius 2 is 2.00 bits per heavy atom. The maximum Gasteiger partial charge on any atom is 0.191 e. The highest BCUT2D eigenvalue weighted by Gasteiger charge is 1.97. The number of halogens is 1. The van der Waals surface area contributed by atoms with Gasteiger partial charge in [0.1, 0.15) is 0 Å². The molecule has 2 N–H and O–H groups in total. The predicted molar refractivity (Wildman–Crippen MR) is 95.9 cm³/mol. The van der Waals surface area contributed by atoms with Gasteiger partial charge in [0.15, 0.2) is 5.96 Å². The molecular formula is C15H23IN4O. The van der Waals surface area contributed by atoms with Crippen LogP contribution in [0.2, 0.25) is 0 Å². The molecule has 0 fully saturated rings. The summed E-state index contributed by atoms with van der Waals surface area (Å²) in [5, 5.41) is 15.2. The third-order valence-electron chi connectivity index (χ3n) is 2.66. The fourth-order valence-electron chi connectivity index (χ4n) is 1.62. The van der Waals surface area contributed by atoms with Crippen LogP contribution in [-0.4, -0.2) is 32.8 Å². The second-order valence-corrected chi connectivity index (χ2v) is 4.28. The fourth-order valence-corrected chi connectivity index (χ4v) is 1.62. The lowest BCUT2D eigenvalue weighted by Gasteiger charge is -2.11. The molecule has 0 atom stereocenters. The van der Waals surface area contributed by atoms with Gasteiger partial charge in [-0.1, -0.05) is 12.1 Å². The van der Waals surface area contributed by atoms with Crippen molar-refractivity contribution in [2.24, 2.45) is 4.99 Å². The van der Waals surface area contributed by atoms with Gasteiger partial charge in [-0.25, -0.2) is 4.99 Å². The van der Waals surface area contributed by atoms with E-state index in [0.29, 0.717) is 12.1 Å². The minimum Gasteiger partial charge on any atom is -0.385 e. The van der Waals surface area contributed by atoms with E-state index < -0.39 is 0 Å². The molecule has 0 bridgehead atoms. The highest BCUT2D eigenvalue weighted by atomic mass is 127. The lowest BCUT2D eigenvalue weighted by molar-refractivity contribution is 0.195. The van der Waals surface area contributed by atoms with E-state index in [-0.39, 0.29) is 24.0 Å². The zero-order valence-corrected chi connectivity index (χ0v) is 14.9. The van der Waals surface area contributed by atoms with Crippen LogP contribution >= 0.6 is 24.0 Å². The van der Waals surface area contributed by atoms with Crippen molar-refractivity contribution in [2.45, 2.75) is 19.9 Å². The van der Waals surface area contributed by atoms with Crippen molar-refractivity contribution < 1.29 is 4.74 Å². The summed E-state index contributed by atoms with van der Waals surface area (Å²) in [6, 6.07) is 9.58. The molecule has 0 aliphatic rings. The van der Waals surface area contributed by atoms with Crippen LogP contribution < -0.4 is 10.6 Å². The van der Waals surface area contributed by atoms with Gasteiger partial charge in [-0.3, -0.25) is 0 Å². The largest absolute Gasteiger partial charge is 0.385 e. The SMILES string of the molecule is CCNC(=NCc1ccc(C#N)cc1)NCCCOC.I. The highest BCUT2D eigenvalue weighted by molar-refractivity contribution is 14.0. The molecule has 116 valence electrons. The summed E-state index contributed by atoms with van der Waals surface area (Å²) in [6.45, 7) is 5.01. The second-order valence-electron chi connectivity index (χ2n) is 4.28. The van der Waals surface area contributed by atoms with Crippen LogP contribution in [0.15, 0.2) is 29.3 Å². The standard InChI is InChI=1S/C15H22N4O.HI/c1-3-17-15(18-9-4-10-20-2)19-12-14-7-5-13(11-16)6-8-14;/h5-8H,3-4,9-10,12H2,1-2H3,(H2,17,18,19);1H. The van der Waals surface area contributed by atoms with Crippen molar-refractivity contribution >= 4 is 29.9 Å². The predicted octanol–water partition coefficient (Wildman–Crippen LogP) is 2.27. The van der Waals surface area contributed by atoms with Crippen LogP contribution in [0.25, 0.3) is 0 Å². The average molecular weight is 402 g/mol. The number of guanidine groups is 1. The first-order chi connectivity index (χ1) is 9.80. The molecule has 0 spiro atoms. The summed E-state index contributed by atoms with van der Waals surface area (Å²) in [7, 11) is 1.70. The number of benzene rings is 1. The van der Waals surface area contributed by atoms with Gasteiger partial charge in [-0.15, -0.1) is 24.0 Å². The quantitative estimate of drug-likeness (QED) is 0.318. The monoisotopic (exact) mass is 402 g/mol. The molecule has 6 heteroatoms. The van der Waals surface area contributed by atoms with Crippen molar-refractivity contribution in [3.63, 3.8) is 0 Å². The van der Waals surface area contributed by atoms with E-state index in [4.69, 9.17) is 10.00 Å². The summed E-state index contributed by atoms with van der Waals surface area (Å²) in [4.78, 5) is 4.51. The molecule has 0 amide bonds. The molecule has 0 saturated heterocycles. The topological polar surface area (TPSA) is 69.4 Å². The van der Waals surface area contributed by atoms with Crippen LogP contribution in [0, 0.1) is 11.3 Å². The van der Waals surface area contributed by atoms with Crippen molar-refractivity contribution in [3.05, 3.63) is 35.4 Å². The second kappa shape index (κ2) is 12.4. The van der Waals surface area contributed by atoms with Crippen molar-refractivity contribution in [1.29, 1.82) is 5.26 Å². The van der Waals surface area contributed by atoms with E-state index in [1.54, 1.807) is 7.11 Å².